The molecular formula is C8H14ClN. The SMILES string of the molecule is C=C/C(=C/C(N)Cl)C(C)C. The van der Waals surface area contributed by atoms with E-state index in [1.54, 1.807) is 12.2 Å². The summed E-state index contributed by atoms with van der Waals surface area (Å²) in [6.45, 7) is 7.81. The normalized spacial score (nSPS) is 15.5. The summed E-state index contributed by atoms with van der Waals surface area (Å²) >= 11 is 5.55. The van der Waals surface area contributed by atoms with E-state index in [9.17, 15) is 0 Å². The maximum absolute atomic E-state index is 5.55. The van der Waals surface area contributed by atoms with Crippen LogP contribution in [0, 0.1) is 5.92 Å². The first-order chi connectivity index (χ1) is 4.57. The lowest BCUT2D eigenvalue weighted by atomic mass is 10.0. The highest BCUT2D eigenvalue weighted by Crippen LogP contribution is 2.11. The molecule has 0 saturated carbocycles. The molecule has 0 aliphatic heterocycles. The fourth-order valence-electron chi connectivity index (χ4n) is 0.680. The van der Waals surface area contributed by atoms with Gasteiger partial charge in [0.05, 0.1) is 5.50 Å². The summed E-state index contributed by atoms with van der Waals surface area (Å²) in [6, 6.07) is 0. The largest absolute Gasteiger partial charge is 0.312 e. The summed E-state index contributed by atoms with van der Waals surface area (Å²) in [4.78, 5) is 0. The van der Waals surface area contributed by atoms with Crippen molar-refractivity contribution in [2.75, 3.05) is 0 Å². The molecule has 2 N–H and O–H groups in total. The minimum Gasteiger partial charge on any atom is -0.312 e. The van der Waals surface area contributed by atoms with Crippen LogP contribution in [0.15, 0.2) is 24.3 Å². The Labute approximate surface area is 67.6 Å². The third-order valence-electron chi connectivity index (χ3n) is 1.25. The average molecular weight is 160 g/mol. The van der Waals surface area contributed by atoms with Crippen LogP contribution >= 0.6 is 11.6 Å². The number of nitrogens with two attached hydrogens (primary N) is 1. The number of alkyl halides is 1. The van der Waals surface area contributed by atoms with Crippen molar-refractivity contribution in [3.8, 4) is 0 Å². The summed E-state index contributed by atoms with van der Waals surface area (Å²) in [7, 11) is 0. The van der Waals surface area contributed by atoms with Crippen LogP contribution in [0.2, 0.25) is 0 Å². The third kappa shape index (κ3) is 3.70. The highest BCUT2D eigenvalue weighted by atomic mass is 35.5. The molecule has 0 amide bonds. The van der Waals surface area contributed by atoms with Gasteiger partial charge in [-0.15, -0.1) is 11.6 Å². The minimum absolute atomic E-state index is 0.393. The molecule has 2 heteroatoms. The highest BCUT2D eigenvalue weighted by molar-refractivity contribution is 6.21. The molecule has 0 fully saturated rings. The standard InChI is InChI=1S/C8H14ClN/c1-4-7(6(2)3)5-8(9)10/h4-6,8H,1,10H2,2-3H3/b7-5-. The van der Waals surface area contributed by atoms with Crippen molar-refractivity contribution >= 4 is 11.6 Å². The van der Waals surface area contributed by atoms with Gasteiger partial charge < -0.3 is 5.73 Å². The van der Waals surface area contributed by atoms with E-state index in [1.807, 2.05) is 0 Å². The van der Waals surface area contributed by atoms with Crippen molar-refractivity contribution in [1.82, 2.24) is 0 Å². The molecule has 0 heterocycles. The smallest absolute Gasteiger partial charge is 0.0992 e. The molecule has 0 saturated heterocycles. The molecular weight excluding hydrogens is 146 g/mol. The van der Waals surface area contributed by atoms with E-state index in [0.717, 1.165) is 5.57 Å². The third-order valence-corrected chi connectivity index (χ3v) is 1.38. The number of allylic oxidation sites excluding steroid dienone is 2. The molecule has 0 aromatic rings. The Morgan fingerprint density at radius 2 is 2.10 bits per heavy atom. The van der Waals surface area contributed by atoms with E-state index in [-0.39, 0.29) is 0 Å². The number of hydrogen-bond acceptors (Lipinski definition) is 1. The lowest BCUT2D eigenvalue weighted by Crippen LogP contribution is -2.09. The van der Waals surface area contributed by atoms with Crippen LogP contribution in [0.25, 0.3) is 0 Å². The Hall–Kier alpha value is -0.270. The molecule has 0 aliphatic rings. The van der Waals surface area contributed by atoms with Crippen molar-refractivity contribution in [3.05, 3.63) is 24.3 Å². The van der Waals surface area contributed by atoms with E-state index in [2.05, 4.69) is 20.4 Å². The van der Waals surface area contributed by atoms with Crippen LogP contribution in [-0.2, 0) is 0 Å². The zero-order valence-corrected chi connectivity index (χ0v) is 7.23. The second kappa shape index (κ2) is 4.53. The highest BCUT2D eigenvalue weighted by Gasteiger charge is 1.99. The topological polar surface area (TPSA) is 26.0 Å². The van der Waals surface area contributed by atoms with Gasteiger partial charge in [0.25, 0.3) is 0 Å². The van der Waals surface area contributed by atoms with Gasteiger partial charge in [0.15, 0.2) is 0 Å². The molecule has 58 valence electrons. The molecule has 1 atom stereocenters. The zero-order chi connectivity index (χ0) is 8.15. The first kappa shape index (κ1) is 9.73. The van der Waals surface area contributed by atoms with Crippen molar-refractivity contribution in [1.29, 1.82) is 0 Å². The molecule has 0 spiro atoms. The van der Waals surface area contributed by atoms with Crippen LogP contribution in [0.3, 0.4) is 0 Å². The molecule has 0 bridgehead atoms. The fourth-order valence-corrected chi connectivity index (χ4v) is 0.826. The monoisotopic (exact) mass is 159 g/mol. The summed E-state index contributed by atoms with van der Waals surface area (Å²) in [6.07, 6.45) is 3.59. The second-order valence-electron chi connectivity index (χ2n) is 2.47. The van der Waals surface area contributed by atoms with Gasteiger partial charge in [0, 0.05) is 0 Å². The van der Waals surface area contributed by atoms with Crippen molar-refractivity contribution in [2.24, 2.45) is 11.7 Å². The Balaban J connectivity index is 4.18. The predicted octanol–water partition coefficient (Wildman–Crippen LogP) is 2.28. The zero-order valence-electron chi connectivity index (χ0n) is 6.47. The Morgan fingerprint density at radius 1 is 1.60 bits per heavy atom. The van der Waals surface area contributed by atoms with Gasteiger partial charge in [-0.25, -0.2) is 0 Å². The average Bonchev–Trinajstić information content (AvgIpc) is 1.81. The van der Waals surface area contributed by atoms with Crippen molar-refractivity contribution < 1.29 is 0 Å². The van der Waals surface area contributed by atoms with Gasteiger partial charge in [0.1, 0.15) is 0 Å². The Kier molecular flexibility index (Phi) is 4.41. The summed E-state index contributed by atoms with van der Waals surface area (Å²) in [5.74, 6) is 0.447. The molecule has 0 aromatic heterocycles. The maximum Gasteiger partial charge on any atom is 0.0992 e. The summed E-state index contributed by atoms with van der Waals surface area (Å²) < 4.78 is 0. The first-order valence-corrected chi connectivity index (χ1v) is 3.75. The van der Waals surface area contributed by atoms with Gasteiger partial charge in [-0.05, 0) is 17.6 Å². The summed E-state index contributed by atoms with van der Waals surface area (Å²) in [5, 5.41) is 0. The van der Waals surface area contributed by atoms with E-state index in [4.69, 9.17) is 17.3 Å². The van der Waals surface area contributed by atoms with Gasteiger partial charge >= 0.3 is 0 Å². The van der Waals surface area contributed by atoms with Crippen LogP contribution < -0.4 is 5.73 Å². The second-order valence-corrected chi connectivity index (χ2v) is 2.97. The quantitative estimate of drug-likeness (QED) is 0.382. The van der Waals surface area contributed by atoms with Gasteiger partial charge in [-0.1, -0.05) is 26.5 Å². The molecule has 0 aliphatic carbocycles. The molecule has 0 radical (unpaired) electrons. The summed E-state index contributed by atoms with van der Waals surface area (Å²) in [5.41, 5.74) is 6.05. The van der Waals surface area contributed by atoms with Crippen molar-refractivity contribution in [3.63, 3.8) is 0 Å². The molecule has 10 heavy (non-hydrogen) atoms. The lowest BCUT2D eigenvalue weighted by molar-refractivity contribution is 0.785. The van der Waals surface area contributed by atoms with Crippen LogP contribution in [0.4, 0.5) is 0 Å². The van der Waals surface area contributed by atoms with Gasteiger partial charge in [-0.2, -0.15) is 0 Å². The molecule has 1 nitrogen and oxygen atoms in total. The van der Waals surface area contributed by atoms with Crippen LogP contribution in [0.1, 0.15) is 13.8 Å². The van der Waals surface area contributed by atoms with E-state index in [0.29, 0.717) is 5.92 Å². The van der Waals surface area contributed by atoms with Crippen molar-refractivity contribution in [2.45, 2.75) is 19.3 Å². The minimum atomic E-state index is -0.393. The molecule has 0 aromatic carbocycles. The lowest BCUT2D eigenvalue weighted by Gasteiger charge is -2.06. The molecule has 0 rings (SSSR count). The van der Waals surface area contributed by atoms with E-state index in [1.165, 1.54) is 0 Å². The Morgan fingerprint density at radius 3 is 2.20 bits per heavy atom. The van der Waals surface area contributed by atoms with E-state index >= 15 is 0 Å². The van der Waals surface area contributed by atoms with E-state index < -0.39 is 5.50 Å². The van der Waals surface area contributed by atoms with Gasteiger partial charge in [0.2, 0.25) is 0 Å². The van der Waals surface area contributed by atoms with Gasteiger partial charge in [-0.3, -0.25) is 0 Å². The Bertz CT molecular complexity index is 136. The number of rotatable bonds is 3. The number of halogens is 1. The molecule has 1 unspecified atom stereocenters. The fraction of sp³-hybridized carbons (Fsp3) is 0.500. The van der Waals surface area contributed by atoms with Crippen LogP contribution in [-0.4, -0.2) is 5.50 Å². The maximum atomic E-state index is 5.55. The number of hydrogen-bond donors (Lipinski definition) is 1. The van der Waals surface area contributed by atoms with Crippen LogP contribution in [0.5, 0.6) is 0 Å². The predicted molar refractivity (Wildman–Crippen MR) is 46.9 cm³/mol. The first-order valence-electron chi connectivity index (χ1n) is 3.31.